The van der Waals surface area contributed by atoms with Crippen LogP contribution in [0.4, 0.5) is 0 Å². The molecule has 2 aromatic rings. The van der Waals surface area contributed by atoms with Crippen molar-refractivity contribution >= 4 is 0 Å². The van der Waals surface area contributed by atoms with Crippen LogP contribution in [0.5, 0.6) is 0 Å². The average Bonchev–Trinajstić information content (AvgIpc) is 2.76. The van der Waals surface area contributed by atoms with Crippen molar-refractivity contribution in [1.82, 2.24) is 19.7 Å². The molecule has 1 unspecified atom stereocenters. The van der Waals surface area contributed by atoms with E-state index < -0.39 is 0 Å². The second-order valence-corrected chi connectivity index (χ2v) is 3.76. The summed E-state index contributed by atoms with van der Waals surface area (Å²) in [5.41, 5.74) is 6.93. The minimum atomic E-state index is -0.109. The maximum absolute atomic E-state index is 5.69. The molecule has 2 heterocycles. The summed E-state index contributed by atoms with van der Waals surface area (Å²) >= 11 is 0. The molecule has 16 heavy (non-hydrogen) atoms. The Balaban J connectivity index is 1.95. The number of nitrogens with zero attached hydrogens (tertiary/aromatic N) is 4. The van der Waals surface area contributed by atoms with E-state index in [0.717, 1.165) is 13.0 Å². The minimum absolute atomic E-state index is 0.109. The predicted molar refractivity (Wildman–Crippen MR) is 60.6 cm³/mol. The highest BCUT2D eigenvalue weighted by Gasteiger charge is 2.04. The third kappa shape index (κ3) is 2.64. The molecule has 0 aliphatic carbocycles. The lowest BCUT2D eigenvalue weighted by atomic mass is 10.2. The van der Waals surface area contributed by atoms with E-state index in [2.05, 4.69) is 15.1 Å². The van der Waals surface area contributed by atoms with Gasteiger partial charge in [-0.3, -0.25) is 9.67 Å². The van der Waals surface area contributed by atoms with Crippen LogP contribution in [0, 0.1) is 0 Å². The molecule has 5 heteroatoms. The van der Waals surface area contributed by atoms with Gasteiger partial charge in [0.1, 0.15) is 6.33 Å². The predicted octanol–water partition coefficient (Wildman–Crippen LogP) is 0.936. The monoisotopic (exact) mass is 217 g/mol. The standard InChI is InChI=1S/C11H15N5/c1-9(12)11-14-8-16(15-11)7-4-10-2-5-13-6-3-10/h2-3,5-6,8-9H,4,7,12H2,1H3. The first-order chi connectivity index (χ1) is 7.75. The quantitative estimate of drug-likeness (QED) is 0.827. The molecule has 0 fully saturated rings. The van der Waals surface area contributed by atoms with Gasteiger partial charge in [-0.05, 0) is 31.0 Å². The normalized spacial score (nSPS) is 12.6. The van der Waals surface area contributed by atoms with Gasteiger partial charge in [0.05, 0.1) is 6.04 Å². The van der Waals surface area contributed by atoms with Crippen LogP contribution in [-0.4, -0.2) is 19.7 Å². The van der Waals surface area contributed by atoms with E-state index >= 15 is 0 Å². The molecule has 84 valence electrons. The van der Waals surface area contributed by atoms with Crippen molar-refractivity contribution in [3.8, 4) is 0 Å². The number of aryl methyl sites for hydroxylation is 2. The van der Waals surface area contributed by atoms with Crippen molar-refractivity contribution in [3.63, 3.8) is 0 Å². The van der Waals surface area contributed by atoms with Gasteiger partial charge in [0, 0.05) is 18.9 Å². The zero-order valence-electron chi connectivity index (χ0n) is 9.24. The third-order valence-corrected chi connectivity index (χ3v) is 2.34. The molecule has 0 aromatic carbocycles. The topological polar surface area (TPSA) is 69.6 Å². The van der Waals surface area contributed by atoms with Crippen LogP contribution in [0.25, 0.3) is 0 Å². The number of nitrogens with two attached hydrogens (primary N) is 1. The van der Waals surface area contributed by atoms with Gasteiger partial charge in [-0.25, -0.2) is 4.98 Å². The van der Waals surface area contributed by atoms with Gasteiger partial charge in [0.2, 0.25) is 0 Å². The van der Waals surface area contributed by atoms with Gasteiger partial charge in [-0.1, -0.05) is 0 Å². The molecule has 0 radical (unpaired) electrons. The Morgan fingerprint density at radius 3 is 2.75 bits per heavy atom. The highest BCUT2D eigenvalue weighted by molar-refractivity contribution is 5.09. The second kappa shape index (κ2) is 4.85. The smallest absolute Gasteiger partial charge is 0.166 e. The first kappa shape index (κ1) is 10.8. The second-order valence-electron chi connectivity index (χ2n) is 3.76. The fourth-order valence-corrected chi connectivity index (χ4v) is 1.42. The average molecular weight is 217 g/mol. The Hall–Kier alpha value is -1.75. The SMILES string of the molecule is CC(N)c1ncn(CCc2ccncc2)n1. The van der Waals surface area contributed by atoms with Gasteiger partial charge >= 0.3 is 0 Å². The van der Waals surface area contributed by atoms with E-state index in [1.54, 1.807) is 18.7 Å². The first-order valence-corrected chi connectivity index (χ1v) is 5.29. The Bertz CT molecular complexity index is 435. The Kier molecular flexibility index (Phi) is 3.26. The molecular formula is C11H15N5. The van der Waals surface area contributed by atoms with E-state index in [1.165, 1.54) is 5.56 Å². The molecule has 2 rings (SSSR count). The molecular weight excluding hydrogens is 202 g/mol. The molecule has 2 aromatic heterocycles. The zero-order valence-corrected chi connectivity index (χ0v) is 9.24. The van der Waals surface area contributed by atoms with Crippen molar-refractivity contribution < 1.29 is 0 Å². The molecule has 5 nitrogen and oxygen atoms in total. The lowest BCUT2D eigenvalue weighted by Gasteiger charge is -2.01. The number of hydrogen-bond acceptors (Lipinski definition) is 4. The van der Waals surface area contributed by atoms with Crippen molar-refractivity contribution in [2.75, 3.05) is 0 Å². The van der Waals surface area contributed by atoms with E-state index in [9.17, 15) is 0 Å². The molecule has 0 bridgehead atoms. The van der Waals surface area contributed by atoms with E-state index in [4.69, 9.17) is 5.73 Å². The number of pyridine rings is 1. The fraction of sp³-hybridized carbons (Fsp3) is 0.364. The van der Waals surface area contributed by atoms with Gasteiger partial charge in [0.15, 0.2) is 5.82 Å². The van der Waals surface area contributed by atoms with Crippen LogP contribution >= 0.6 is 0 Å². The van der Waals surface area contributed by atoms with Crippen molar-refractivity contribution in [2.45, 2.75) is 25.9 Å². The number of aromatic nitrogens is 4. The van der Waals surface area contributed by atoms with E-state index in [-0.39, 0.29) is 6.04 Å². The largest absolute Gasteiger partial charge is 0.321 e. The van der Waals surface area contributed by atoms with Gasteiger partial charge in [-0.2, -0.15) is 5.10 Å². The van der Waals surface area contributed by atoms with E-state index in [0.29, 0.717) is 5.82 Å². The van der Waals surface area contributed by atoms with Gasteiger partial charge in [0.25, 0.3) is 0 Å². The summed E-state index contributed by atoms with van der Waals surface area (Å²) in [6.07, 6.45) is 6.23. The highest BCUT2D eigenvalue weighted by atomic mass is 15.3. The maximum atomic E-state index is 5.69. The summed E-state index contributed by atoms with van der Waals surface area (Å²) in [6, 6.07) is 3.90. The molecule has 2 N–H and O–H groups in total. The van der Waals surface area contributed by atoms with Crippen LogP contribution in [0.2, 0.25) is 0 Å². The molecule has 0 aliphatic rings. The van der Waals surface area contributed by atoms with Crippen LogP contribution in [0.15, 0.2) is 30.9 Å². The lowest BCUT2D eigenvalue weighted by Crippen LogP contribution is -2.09. The first-order valence-electron chi connectivity index (χ1n) is 5.29. The van der Waals surface area contributed by atoms with Crippen LogP contribution in [0.3, 0.4) is 0 Å². The maximum Gasteiger partial charge on any atom is 0.166 e. The summed E-state index contributed by atoms with van der Waals surface area (Å²) in [5, 5.41) is 4.29. The molecule has 1 atom stereocenters. The van der Waals surface area contributed by atoms with Crippen molar-refractivity contribution in [2.24, 2.45) is 5.73 Å². The van der Waals surface area contributed by atoms with Crippen LogP contribution in [-0.2, 0) is 13.0 Å². The zero-order chi connectivity index (χ0) is 11.4. The van der Waals surface area contributed by atoms with Crippen molar-refractivity contribution in [3.05, 3.63) is 42.2 Å². The Morgan fingerprint density at radius 1 is 1.38 bits per heavy atom. The van der Waals surface area contributed by atoms with Gasteiger partial charge in [-0.15, -0.1) is 0 Å². The van der Waals surface area contributed by atoms with Crippen molar-refractivity contribution in [1.29, 1.82) is 0 Å². The lowest BCUT2D eigenvalue weighted by molar-refractivity contribution is 0.595. The third-order valence-electron chi connectivity index (χ3n) is 2.34. The number of hydrogen-bond donors (Lipinski definition) is 1. The molecule has 0 aliphatic heterocycles. The van der Waals surface area contributed by atoms with Crippen LogP contribution < -0.4 is 5.73 Å². The fourth-order valence-electron chi connectivity index (χ4n) is 1.42. The summed E-state index contributed by atoms with van der Waals surface area (Å²) in [4.78, 5) is 8.12. The Morgan fingerprint density at radius 2 is 2.12 bits per heavy atom. The Labute approximate surface area is 94.3 Å². The number of rotatable bonds is 4. The van der Waals surface area contributed by atoms with Crippen LogP contribution in [0.1, 0.15) is 24.4 Å². The molecule has 0 saturated heterocycles. The summed E-state index contributed by atoms with van der Waals surface area (Å²) < 4.78 is 1.82. The minimum Gasteiger partial charge on any atom is -0.321 e. The van der Waals surface area contributed by atoms with Gasteiger partial charge < -0.3 is 5.73 Å². The summed E-state index contributed by atoms with van der Waals surface area (Å²) in [6.45, 7) is 2.69. The highest BCUT2D eigenvalue weighted by Crippen LogP contribution is 2.03. The summed E-state index contributed by atoms with van der Waals surface area (Å²) in [5.74, 6) is 0.690. The van der Waals surface area contributed by atoms with E-state index in [1.807, 2.05) is 23.7 Å². The molecule has 0 amide bonds. The summed E-state index contributed by atoms with van der Waals surface area (Å²) in [7, 11) is 0. The molecule has 0 spiro atoms. The molecule has 0 saturated carbocycles.